The molecule has 3 heteroatoms. The van der Waals surface area contributed by atoms with Crippen molar-refractivity contribution in [3.8, 4) is 0 Å². The van der Waals surface area contributed by atoms with Crippen molar-refractivity contribution in [1.82, 2.24) is 5.32 Å². The molecule has 1 aliphatic heterocycles. The van der Waals surface area contributed by atoms with E-state index in [0.717, 1.165) is 6.54 Å². The third-order valence-electron chi connectivity index (χ3n) is 0.773. The van der Waals surface area contributed by atoms with Crippen LogP contribution in [-0.2, 0) is 0 Å². The van der Waals surface area contributed by atoms with Gasteiger partial charge in [-0.2, -0.15) is 0 Å². The molecule has 0 spiro atoms. The molecule has 1 unspecified atom stereocenters. The lowest BCUT2D eigenvalue weighted by Gasteiger charge is -2.09. The first-order chi connectivity index (χ1) is 2.89. The summed E-state index contributed by atoms with van der Waals surface area (Å²) < 4.78 is 0. The molecule has 1 fully saturated rings. The predicted octanol–water partition coefficient (Wildman–Crippen LogP) is -1.91. The van der Waals surface area contributed by atoms with Crippen LogP contribution in [-0.4, -0.2) is 13.2 Å². The third-order valence-corrected chi connectivity index (χ3v) is 0.773. The highest BCUT2D eigenvalue weighted by atomic mass is 16.5. The van der Waals surface area contributed by atoms with Crippen molar-refractivity contribution in [3.05, 3.63) is 11.8 Å². The Balaban J connectivity index is 2.18. The number of nitrogens with one attached hydrogen (secondary N) is 2. The van der Waals surface area contributed by atoms with Gasteiger partial charge in [-0.1, -0.05) is 0 Å². The molecule has 35 valence electrons. The zero-order chi connectivity index (χ0) is 4.41. The normalized spacial score (nSPS) is 34.5. The van der Waals surface area contributed by atoms with Gasteiger partial charge in [0.2, 0.25) is 0 Å². The van der Waals surface area contributed by atoms with Crippen LogP contribution in [0, 0.1) is 11.8 Å². The summed E-state index contributed by atoms with van der Waals surface area (Å²) in [5.74, 6) is 0. The average molecular weight is 87.1 g/mol. The second-order valence-electron chi connectivity index (χ2n) is 1.30. The number of quaternary nitrogens is 1. The molecule has 3 nitrogen and oxygen atoms in total. The van der Waals surface area contributed by atoms with Crippen molar-refractivity contribution < 1.29 is 5.06 Å². The van der Waals surface area contributed by atoms with Crippen LogP contribution in [0.15, 0.2) is 0 Å². The Morgan fingerprint density at radius 3 is 2.83 bits per heavy atom. The fourth-order valence-electron chi connectivity index (χ4n) is 0.454. The van der Waals surface area contributed by atoms with Crippen LogP contribution in [0.5, 0.6) is 0 Å². The number of hydrogen-bond donors (Lipinski definition) is 2. The summed E-state index contributed by atoms with van der Waals surface area (Å²) in [4.78, 5) is 0. The van der Waals surface area contributed by atoms with E-state index in [2.05, 4.69) is 5.32 Å². The fraction of sp³-hybridized carbons (Fsp3) is 0.667. The second kappa shape index (κ2) is 1.55. The van der Waals surface area contributed by atoms with E-state index < -0.39 is 0 Å². The first-order valence-corrected chi connectivity index (χ1v) is 1.96. The molecule has 0 amide bonds. The minimum atomic E-state index is 0.218. The molecule has 1 rings (SSSR count). The van der Waals surface area contributed by atoms with E-state index in [0.29, 0.717) is 6.67 Å². The van der Waals surface area contributed by atoms with Gasteiger partial charge in [-0.25, -0.2) is 0 Å². The van der Waals surface area contributed by atoms with E-state index in [1.165, 1.54) is 0 Å². The van der Waals surface area contributed by atoms with E-state index in [-0.39, 0.29) is 5.06 Å². The van der Waals surface area contributed by atoms with Gasteiger partial charge in [-0.15, -0.1) is 0 Å². The van der Waals surface area contributed by atoms with E-state index in [9.17, 15) is 5.21 Å². The lowest BCUT2D eigenvalue weighted by atomic mass is 10.7. The third kappa shape index (κ3) is 0.680. The number of hydrogen-bond acceptors (Lipinski definition) is 2. The lowest BCUT2D eigenvalue weighted by Crippen LogP contribution is -3.03. The molecule has 0 saturated carbocycles. The minimum Gasteiger partial charge on any atom is -0.633 e. The Hall–Kier alpha value is -0.120. The molecule has 1 heterocycles. The van der Waals surface area contributed by atoms with E-state index in [4.69, 9.17) is 0 Å². The quantitative estimate of drug-likeness (QED) is 0.338. The van der Waals surface area contributed by atoms with Crippen molar-refractivity contribution in [1.29, 1.82) is 0 Å². The van der Waals surface area contributed by atoms with E-state index in [1.54, 1.807) is 6.54 Å². The summed E-state index contributed by atoms with van der Waals surface area (Å²) >= 11 is 0. The van der Waals surface area contributed by atoms with E-state index in [1.807, 2.05) is 0 Å². The summed E-state index contributed by atoms with van der Waals surface area (Å²) in [6.45, 7) is 2.96. The predicted molar refractivity (Wildman–Crippen MR) is 21.5 cm³/mol. The highest BCUT2D eigenvalue weighted by Gasteiger charge is 2.03. The largest absolute Gasteiger partial charge is 0.633 e. The maximum absolute atomic E-state index is 10.1. The van der Waals surface area contributed by atoms with Crippen LogP contribution in [0.3, 0.4) is 0 Å². The fourth-order valence-corrected chi connectivity index (χ4v) is 0.454. The Morgan fingerprint density at radius 2 is 2.67 bits per heavy atom. The molecule has 1 radical (unpaired) electrons. The van der Waals surface area contributed by atoms with E-state index >= 15 is 0 Å². The van der Waals surface area contributed by atoms with Crippen molar-refractivity contribution >= 4 is 0 Å². The summed E-state index contributed by atoms with van der Waals surface area (Å²) in [6, 6.07) is 0. The highest BCUT2D eigenvalue weighted by Crippen LogP contribution is 1.61. The minimum absolute atomic E-state index is 0.218. The molecule has 0 bridgehead atoms. The van der Waals surface area contributed by atoms with Gasteiger partial charge in [-0.3, -0.25) is 5.32 Å². The van der Waals surface area contributed by atoms with Crippen LogP contribution >= 0.6 is 0 Å². The molecule has 0 aromatic heterocycles. The topological polar surface area (TPSA) is 39.5 Å². The maximum atomic E-state index is 10.1. The molecule has 0 aromatic carbocycles. The van der Waals surface area contributed by atoms with Crippen molar-refractivity contribution in [2.24, 2.45) is 0 Å². The van der Waals surface area contributed by atoms with Crippen LogP contribution in [0.2, 0.25) is 0 Å². The lowest BCUT2D eigenvalue weighted by molar-refractivity contribution is -0.804. The van der Waals surface area contributed by atoms with Gasteiger partial charge in [0.1, 0.15) is 6.67 Å². The Labute approximate surface area is 36.5 Å². The van der Waals surface area contributed by atoms with Gasteiger partial charge < -0.3 is 10.3 Å². The summed E-state index contributed by atoms with van der Waals surface area (Å²) in [5, 5.41) is 13.2. The van der Waals surface area contributed by atoms with Crippen molar-refractivity contribution in [2.45, 2.75) is 0 Å². The summed E-state index contributed by atoms with van der Waals surface area (Å²) in [7, 11) is 0. The number of rotatable bonds is 0. The molecule has 1 saturated heterocycles. The van der Waals surface area contributed by atoms with Crippen LogP contribution < -0.4 is 10.4 Å². The molecule has 0 aliphatic carbocycles. The van der Waals surface area contributed by atoms with Crippen LogP contribution in [0.1, 0.15) is 0 Å². The van der Waals surface area contributed by atoms with Gasteiger partial charge in [0, 0.05) is 0 Å². The smallest absolute Gasteiger partial charge is 0.155 e. The van der Waals surface area contributed by atoms with Gasteiger partial charge in [0.25, 0.3) is 0 Å². The standard InChI is InChI=1S/C3H7N2O/c6-5-2-1-4-3-5/h2,4-5H,1,3H2. The van der Waals surface area contributed by atoms with Crippen LogP contribution in [0.4, 0.5) is 0 Å². The van der Waals surface area contributed by atoms with Gasteiger partial charge in [0.15, 0.2) is 6.54 Å². The molecule has 0 aromatic rings. The second-order valence-corrected chi connectivity index (χ2v) is 1.30. The zero-order valence-corrected chi connectivity index (χ0v) is 3.40. The van der Waals surface area contributed by atoms with Gasteiger partial charge in [0.05, 0.1) is 6.54 Å². The molecule has 2 N–H and O–H groups in total. The van der Waals surface area contributed by atoms with Gasteiger partial charge >= 0.3 is 0 Å². The van der Waals surface area contributed by atoms with Crippen molar-refractivity contribution in [3.63, 3.8) is 0 Å². The SMILES string of the molecule is [O-][NH+]1[CH]CNC1. The van der Waals surface area contributed by atoms with Crippen LogP contribution in [0.25, 0.3) is 0 Å². The Kier molecular flexibility index (Phi) is 1.05. The highest BCUT2D eigenvalue weighted by molar-refractivity contribution is 4.56. The molecule has 1 atom stereocenters. The zero-order valence-electron chi connectivity index (χ0n) is 3.40. The molecule has 1 aliphatic rings. The maximum Gasteiger partial charge on any atom is 0.155 e. The molecular formula is C3H7N2O. The molecular weight excluding hydrogens is 80.0 g/mol. The van der Waals surface area contributed by atoms with Crippen molar-refractivity contribution in [2.75, 3.05) is 13.2 Å². The molecule has 6 heavy (non-hydrogen) atoms. The summed E-state index contributed by atoms with van der Waals surface area (Å²) in [5.41, 5.74) is 0. The summed E-state index contributed by atoms with van der Waals surface area (Å²) in [6.07, 6.45) is 0. The Bertz CT molecular complexity index is 42.1. The number of hydroxylamine groups is 2. The van der Waals surface area contributed by atoms with Gasteiger partial charge in [-0.05, 0) is 0 Å². The first-order valence-electron chi connectivity index (χ1n) is 1.96. The first kappa shape index (κ1) is 4.05. The average Bonchev–Trinajstić information content (AvgIpc) is 1.86. The monoisotopic (exact) mass is 87.1 g/mol. The Morgan fingerprint density at radius 1 is 1.83 bits per heavy atom.